The fourth-order valence-corrected chi connectivity index (χ4v) is 3.29. The molecule has 0 saturated carbocycles. The van der Waals surface area contributed by atoms with E-state index < -0.39 is 5.60 Å². The zero-order chi connectivity index (χ0) is 20.1. The molecule has 1 aliphatic rings. The fourth-order valence-electron chi connectivity index (χ4n) is 3.29. The van der Waals surface area contributed by atoms with Crippen molar-refractivity contribution < 1.29 is 14.3 Å². The molecule has 2 unspecified atom stereocenters. The average Bonchev–Trinajstić information content (AvgIpc) is 2.66. The Kier molecular flexibility index (Phi) is 6.07. The molecule has 1 saturated heterocycles. The molecule has 2 aromatic carbocycles. The Bertz CT molecular complexity index is 887. The van der Waals surface area contributed by atoms with Crippen LogP contribution in [0.15, 0.2) is 47.6 Å². The van der Waals surface area contributed by atoms with Gasteiger partial charge in [0, 0.05) is 11.5 Å². The van der Waals surface area contributed by atoms with Crippen LogP contribution >= 0.6 is 0 Å². The molecule has 1 heterocycles. The van der Waals surface area contributed by atoms with Crippen LogP contribution in [-0.2, 0) is 16.1 Å². The molecule has 2 atom stereocenters. The van der Waals surface area contributed by atoms with Crippen LogP contribution in [0.4, 0.5) is 4.79 Å². The summed E-state index contributed by atoms with van der Waals surface area (Å²) in [7, 11) is 0. The summed E-state index contributed by atoms with van der Waals surface area (Å²) in [6.07, 6.45) is -0.194. The second-order valence-electron chi connectivity index (χ2n) is 8.02. The maximum atomic E-state index is 12.4. The first-order valence-corrected chi connectivity index (χ1v) is 9.47. The van der Waals surface area contributed by atoms with Gasteiger partial charge in [0.1, 0.15) is 5.60 Å². The minimum atomic E-state index is -0.555. The molecule has 0 aliphatic carbocycles. The highest BCUT2D eigenvalue weighted by Crippen LogP contribution is 2.22. The van der Waals surface area contributed by atoms with E-state index in [-0.39, 0.29) is 18.2 Å². The molecule has 0 radical (unpaired) electrons. The van der Waals surface area contributed by atoms with E-state index in [1.165, 1.54) is 5.39 Å². The van der Waals surface area contributed by atoms with Gasteiger partial charge in [0.05, 0.1) is 25.3 Å². The number of ether oxygens (including phenoxy) is 2. The van der Waals surface area contributed by atoms with E-state index in [0.29, 0.717) is 26.1 Å². The van der Waals surface area contributed by atoms with Crippen LogP contribution in [0.3, 0.4) is 0 Å². The lowest BCUT2D eigenvalue weighted by molar-refractivity contribution is -0.0341. The predicted octanol–water partition coefficient (Wildman–Crippen LogP) is 5.04. The largest absolute Gasteiger partial charge is 0.444 e. The van der Waals surface area contributed by atoms with E-state index >= 15 is 0 Å². The van der Waals surface area contributed by atoms with Crippen molar-refractivity contribution in [1.29, 1.82) is 0 Å². The first kappa shape index (κ1) is 20.0. The maximum absolute atomic E-state index is 12.4. The van der Waals surface area contributed by atoms with Gasteiger partial charge in [0.25, 0.3) is 0 Å². The standard InChI is InChI=1S/C21H26N4O3/c1-21(2,3)28-20(26)25-11-10-18(23-24-22)19(13-25)27-14-15-8-9-16-6-4-5-7-17(16)12-15/h4-9,12,18-19H,10-11,13-14H2,1-3H3. The van der Waals surface area contributed by atoms with E-state index in [0.717, 1.165) is 10.9 Å². The lowest BCUT2D eigenvalue weighted by Gasteiger charge is -2.37. The number of piperidine rings is 1. The number of azide groups is 1. The van der Waals surface area contributed by atoms with Crippen molar-refractivity contribution in [3.8, 4) is 0 Å². The van der Waals surface area contributed by atoms with Gasteiger partial charge < -0.3 is 14.4 Å². The van der Waals surface area contributed by atoms with Crippen LogP contribution in [0.2, 0.25) is 0 Å². The van der Waals surface area contributed by atoms with Gasteiger partial charge in [0.2, 0.25) is 0 Å². The minimum Gasteiger partial charge on any atom is -0.444 e. The normalized spacial score (nSPS) is 19.9. The third-order valence-electron chi connectivity index (χ3n) is 4.65. The SMILES string of the molecule is CC(C)(C)OC(=O)N1CCC(N=[N+]=[N-])C(OCc2ccc3ccccc3c2)C1. The Balaban J connectivity index is 1.68. The van der Waals surface area contributed by atoms with Gasteiger partial charge in [-0.15, -0.1) is 0 Å². The zero-order valence-corrected chi connectivity index (χ0v) is 16.5. The number of carbonyl (C=O) groups is 1. The molecule has 148 valence electrons. The summed E-state index contributed by atoms with van der Waals surface area (Å²) >= 11 is 0. The van der Waals surface area contributed by atoms with Crippen LogP contribution < -0.4 is 0 Å². The van der Waals surface area contributed by atoms with Gasteiger partial charge in [-0.1, -0.05) is 41.5 Å². The highest BCUT2D eigenvalue weighted by molar-refractivity contribution is 5.82. The molecule has 1 fully saturated rings. The molecule has 0 bridgehead atoms. The summed E-state index contributed by atoms with van der Waals surface area (Å²) in [6.45, 7) is 6.72. The third kappa shape index (κ3) is 5.15. The lowest BCUT2D eigenvalue weighted by atomic mass is 10.0. The van der Waals surface area contributed by atoms with Crippen LogP contribution in [0, 0.1) is 0 Å². The lowest BCUT2D eigenvalue weighted by Crippen LogP contribution is -2.50. The van der Waals surface area contributed by atoms with Gasteiger partial charge >= 0.3 is 6.09 Å². The second-order valence-corrected chi connectivity index (χ2v) is 8.02. The fraction of sp³-hybridized carbons (Fsp3) is 0.476. The van der Waals surface area contributed by atoms with Gasteiger partial charge in [-0.3, -0.25) is 0 Å². The van der Waals surface area contributed by atoms with Crippen LogP contribution in [0.5, 0.6) is 0 Å². The number of hydrogen-bond acceptors (Lipinski definition) is 4. The number of amides is 1. The maximum Gasteiger partial charge on any atom is 0.410 e. The monoisotopic (exact) mass is 382 g/mol. The smallest absolute Gasteiger partial charge is 0.410 e. The number of fused-ring (bicyclic) bond motifs is 1. The van der Waals surface area contributed by atoms with E-state index in [1.54, 1.807) is 4.90 Å². The second kappa shape index (κ2) is 8.50. The Morgan fingerprint density at radius 1 is 1.25 bits per heavy atom. The van der Waals surface area contributed by atoms with E-state index in [4.69, 9.17) is 15.0 Å². The van der Waals surface area contributed by atoms with Crippen molar-refractivity contribution in [2.45, 2.75) is 51.5 Å². The van der Waals surface area contributed by atoms with E-state index in [9.17, 15) is 4.79 Å². The Hall–Kier alpha value is -2.76. The molecule has 1 aliphatic heterocycles. The topological polar surface area (TPSA) is 87.5 Å². The highest BCUT2D eigenvalue weighted by atomic mass is 16.6. The Morgan fingerprint density at radius 3 is 2.71 bits per heavy atom. The number of nitrogens with zero attached hydrogens (tertiary/aromatic N) is 4. The van der Waals surface area contributed by atoms with E-state index in [1.807, 2.05) is 39.0 Å². The quantitative estimate of drug-likeness (QED) is 0.421. The van der Waals surface area contributed by atoms with Crippen LogP contribution in [0.25, 0.3) is 21.2 Å². The zero-order valence-electron chi connectivity index (χ0n) is 16.5. The van der Waals surface area contributed by atoms with Gasteiger partial charge in [0.15, 0.2) is 0 Å². The molecule has 3 rings (SSSR count). The number of rotatable bonds is 4. The number of hydrogen-bond donors (Lipinski definition) is 0. The van der Waals surface area contributed by atoms with Crippen molar-refractivity contribution in [2.24, 2.45) is 5.11 Å². The molecular weight excluding hydrogens is 356 g/mol. The third-order valence-corrected chi connectivity index (χ3v) is 4.65. The van der Waals surface area contributed by atoms with Crippen LogP contribution in [0.1, 0.15) is 32.8 Å². The van der Waals surface area contributed by atoms with Gasteiger partial charge in [-0.2, -0.15) is 0 Å². The van der Waals surface area contributed by atoms with Crippen molar-refractivity contribution >= 4 is 16.9 Å². The summed E-state index contributed by atoms with van der Waals surface area (Å²) < 4.78 is 11.5. The van der Waals surface area contributed by atoms with Crippen molar-refractivity contribution in [2.75, 3.05) is 13.1 Å². The minimum absolute atomic E-state index is 0.302. The van der Waals surface area contributed by atoms with E-state index in [2.05, 4.69) is 34.3 Å². The molecule has 7 nitrogen and oxygen atoms in total. The molecule has 0 aromatic heterocycles. The molecular formula is C21H26N4O3. The number of benzene rings is 2. The predicted molar refractivity (Wildman–Crippen MR) is 108 cm³/mol. The molecule has 28 heavy (non-hydrogen) atoms. The molecule has 2 aromatic rings. The first-order valence-electron chi connectivity index (χ1n) is 9.47. The van der Waals surface area contributed by atoms with Crippen molar-refractivity contribution in [3.63, 3.8) is 0 Å². The summed E-state index contributed by atoms with van der Waals surface area (Å²) in [5.41, 5.74) is 9.34. The van der Waals surface area contributed by atoms with Crippen molar-refractivity contribution in [1.82, 2.24) is 4.90 Å². The molecule has 7 heteroatoms. The van der Waals surface area contributed by atoms with Crippen LogP contribution in [-0.4, -0.2) is 41.8 Å². The molecule has 0 N–H and O–H groups in total. The van der Waals surface area contributed by atoms with Crippen molar-refractivity contribution in [3.05, 3.63) is 58.5 Å². The highest BCUT2D eigenvalue weighted by Gasteiger charge is 2.33. The molecule has 1 amide bonds. The Morgan fingerprint density at radius 2 is 2.00 bits per heavy atom. The van der Waals surface area contributed by atoms with Gasteiger partial charge in [-0.25, -0.2) is 4.79 Å². The first-order chi connectivity index (χ1) is 13.4. The summed E-state index contributed by atoms with van der Waals surface area (Å²) in [5.74, 6) is 0. The van der Waals surface area contributed by atoms with Gasteiger partial charge in [-0.05, 0) is 55.1 Å². The average molecular weight is 382 g/mol. The Labute approximate surface area is 164 Å². The molecule has 0 spiro atoms. The summed E-state index contributed by atoms with van der Waals surface area (Å²) in [6, 6.07) is 14.0. The summed E-state index contributed by atoms with van der Waals surface area (Å²) in [4.78, 5) is 17.0. The number of likely N-dealkylation sites (tertiary alicyclic amines) is 1. The number of carbonyl (C=O) groups excluding carboxylic acids is 1. The summed E-state index contributed by atoms with van der Waals surface area (Å²) in [5, 5.41) is 6.19.